The van der Waals surface area contributed by atoms with Crippen molar-refractivity contribution in [2.45, 2.75) is 25.1 Å². The summed E-state index contributed by atoms with van der Waals surface area (Å²) < 4.78 is 27.2. The number of nitriles is 1. The quantitative estimate of drug-likeness (QED) is 0.947. The highest BCUT2D eigenvalue weighted by Crippen LogP contribution is 2.33. The molecule has 5 heteroatoms. The van der Waals surface area contributed by atoms with Crippen molar-refractivity contribution < 1.29 is 13.9 Å². The van der Waals surface area contributed by atoms with Gasteiger partial charge in [0, 0.05) is 19.1 Å². The summed E-state index contributed by atoms with van der Waals surface area (Å²) in [5, 5.41) is 18.7. The Morgan fingerprint density at radius 1 is 1.22 bits per heavy atom. The standard InChI is InChI=1S/C18H16F2N2O/c19-15-3-1-2-13(7-15)18-8-16(23)11-22(18)10-12-4-5-14(9-21)17(20)6-12/h1-7,16,18,23H,8,10-11H2/t16-,18-/m0/s1. The molecule has 0 amide bonds. The summed E-state index contributed by atoms with van der Waals surface area (Å²) in [6.07, 6.45) is 0.0221. The van der Waals surface area contributed by atoms with Crippen LogP contribution in [0.2, 0.25) is 0 Å². The normalized spacial score (nSPS) is 21.3. The van der Waals surface area contributed by atoms with Crippen molar-refractivity contribution >= 4 is 0 Å². The summed E-state index contributed by atoms with van der Waals surface area (Å²) in [5.74, 6) is -0.861. The first-order valence-electron chi connectivity index (χ1n) is 7.43. The second kappa shape index (κ2) is 6.45. The van der Waals surface area contributed by atoms with E-state index in [9.17, 15) is 13.9 Å². The Hall–Kier alpha value is -2.29. The molecule has 2 atom stereocenters. The molecule has 0 aliphatic carbocycles. The van der Waals surface area contributed by atoms with Crippen LogP contribution < -0.4 is 0 Å². The van der Waals surface area contributed by atoms with Crippen LogP contribution in [0.3, 0.4) is 0 Å². The van der Waals surface area contributed by atoms with Crippen molar-refractivity contribution in [2.24, 2.45) is 0 Å². The van der Waals surface area contributed by atoms with Crippen molar-refractivity contribution in [2.75, 3.05) is 6.54 Å². The molecule has 1 aliphatic rings. The van der Waals surface area contributed by atoms with Crippen LogP contribution >= 0.6 is 0 Å². The maximum Gasteiger partial charge on any atom is 0.141 e. The molecule has 2 aromatic carbocycles. The number of hydrogen-bond acceptors (Lipinski definition) is 3. The zero-order valence-corrected chi connectivity index (χ0v) is 12.4. The lowest BCUT2D eigenvalue weighted by Crippen LogP contribution is -2.24. The predicted molar refractivity (Wildman–Crippen MR) is 81.3 cm³/mol. The highest BCUT2D eigenvalue weighted by Gasteiger charge is 2.32. The van der Waals surface area contributed by atoms with E-state index < -0.39 is 11.9 Å². The Kier molecular flexibility index (Phi) is 4.37. The van der Waals surface area contributed by atoms with Gasteiger partial charge in [0.25, 0.3) is 0 Å². The van der Waals surface area contributed by atoms with E-state index in [1.807, 2.05) is 11.0 Å². The van der Waals surface area contributed by atoms with E-state index in [2.05, 4.69) is 0 Å². The van der Waals surface area contributed by atoms with Gasteiger partial charge in [-0.3, -0.25) is 4.90 Å². The molecule has 1 saturated heterocycles. The van der Waals surface area contributed by atoms with E-state index in [-0.39, 0.29) is 17.4 Å². The Morgan fingerprint density at radius 3 is 2.74 bits per heavy atom. The number of aliphatic hydroxyl groups excluding tert-OH is 1. The number of benzene rings is 2. The lowest BCUT2D eigenvalue weighted by molar-refractivity contribution is 0.172. The molecule has 0 unspecified atom stereocenters. The van der Waals surface area contributed by atoms with Crippen molar-refractivity contribution in [3.63, 3.8) is 0 Å². The van der Waals surface area contributed by atoms with Gasteiger partial charge < -0.3 is 5.11 Å². The van der Waals surface area contributed by atoms with Crippen molar-refractivity contribution in [3.8, 4) is 6.07 Å². The average molecular weight is 314 g/mol. The van der Waals surface area contributed by atoms with Crippen LogP contribution in [0.4, 0.5) is 8.78 Å². The number of likely N-dealkylation sites (tertiary alicyclic amines) is 1. The highest BCUT2D eigenvalue weighted by atomic mass is 19.1. The monoisotopic (exact) mass is 314 g/mol. The molecule has 1 fully saturated rings. The van der Waals surface area contributed by atoms with Crippen molar-refractivity contribution in [3.05, 3.63) is 70.8 Å². The van der Waals surface area contributed by atoms with Crippen LogP contribution in [0.5, 0.6) is 0 Å². The number of β-amino-alcohol motifs (C(OH)–C–C–N with tert-alkyl or cyclic N) is 1. The Balaban J connectivity index is 1.83. The summed E-state index contributed by atoms with van der Waals surface area (Å²) >= 11 is 0. The Labute approximate surface area is 133 Å². The van der Waals surface area contributed by atoms with E-state index in [0.29, 0.717) is 19.5 Å². The first-order chi connectivity index (χ1) is 11.1. The topological polar surface area (TPSA) is 47.3 Å². The molecule has 3 nitrogen and oxygen atoms in total. The third kappa shape index (κ3) is 3.39. The number of aliphatic hydroxyl groups is 1. The summed E-state index contributed by atoms with van der Waals surface area (Å²) in [6, 6.07) is 12.5. The van der Waals surface area contributed by atoms with Gasteiger partial charge in [0.15, 0.2) is 0 Å². The molecule has 1 heterocycles. The summed E-state index contributed by atoms with van der Waals surface area (Å²) in [5.41, 5.74) is 1.53. The SMILES string of the molecule is N#Cc1ccc(CN2C[C@@H](O)C[C@H]2c2cccc(F)c2)cc1F. The molecule has 23 heavy (non-hydrogen) atoms. The summed E-state index contributed by atoms with van der Waals surface area (Å²) in [4.78, 5) is 2.00. The molecular weight excluding hydrogens is 298 g/mol. The predicted octanol–water partition coefficient (Wildman–Crippen LogP) is 3.14. The van der Waals surface area contributed by atoms with E-state index in [1.165, 1.54) is 24.3 Å². The second-order valence-corrected chi connectivity index (χ2v) is 5.82. The van der Waals surface area contributed by atoms with Crippen LogP contribution in [0, 0.1) is 23.0 Å². The summed E-state index contributed by atoms with van der Waals surface area (Å²) in [7, 11) is 0. The van der Waals surface area contributed by atoms with Gasteiger partial charge in [-0.25, -0.2) is 8.78 Å². The fraction of sp³-hybridized carbons (Fsp3) is 0.278. The smallest absolute Gasteiger partial charge is 0.141 e. The van der Waals surface area contributed by atoms with Gasteiger partial charge in [0.05, 0.1) is 11.7 Å². The van der Waals surface area contributed by atoms with Gasteiger partial charge in [-0.1, -0.05) is 18.2 Å². The highest BCUT2D eigenvalue weighted by molar-refractivity contribution is 5.33. The van der Waals surface area contributed by atoms with E-state index in [0.717, 1.165) is 11.1 Å². The van der Waals surface area contributed by atoms with Gasteiger partial charge in [0.1, 0.15) is 17.7 Å². The largest absolute Gasteiger partial charge is 0.392 e. The molecule has 3 rings (SSSR count). The maximum atomic E-state index is 13.7. The number of nitrogens with zero attached hydrogens (tertiary/aromatic N) is 2. The fourth-order valence-corrected chi connectivity index (χ4v) is 3.10. The molecular formula is C18H16F2N2O. The average Bonchev–Trinajstić information content (AvgIpc) is 2.88. The lowest BCUT2D eigenvalue weighted by atomic mass is 10.0. The zero-order valence-electron chi connectivity index (χ0n) is 12.4. The molecule has 0 saturated carbocycles. The van der Waals surface area contributed by atoms with Crippen molar-refractivity contribution in [1.82, 2.24) is 4.90 Å². The first-order valence-corrected chi connectivity index (χ1v) is 7.43. The number of halogens is 2. The zero-order chi connectivity index (χ0) is 16.4. The van der Waals surface area contributed by atoms with Gasteiger partial charge in [-0.15, -0.1) is 0 Å². The van der Waals surface area contributed by atoms with E-state index in [1.54, 1.807) is 18.2 Å². The van der Waals surface area contributed by atoms with Gasteiger partial charge >= 0.3 is 0 Å². The third-order valence-corrected chi connectivity index (χ3v) is 4.15. The summed E-state index contributed by atoms with van der Waals surface area (Å²) in [6.45, 7) is 0.879. The minimum absolute atomic E-state index is 0.0110. The van der Waals surface area contributed by atoms with Gasteiger partial charge in [-0.2, -0.15) is 5.26 Å². The van der Waals surface area contributed by atoms with Crippen LogP contribution in [-0.2, 0) is 6.54 Å². The molecule has 0 radical (unpaired) electrons. The molecule has 0 bridgehead atoms. The van der Waals surface area contributed by atoms with Gasteiger partial charge in [0.2, 0.25) is 0 Å². The fourth-order valence-electron chi connectivity index (χ4n) is 3.10. The molecule has 0 aromatic heterocycles. The Morgan fingerprint density at radius 2 is 2.04 bits per heavy atom. The van der Waals surface area contributed by atoms with Crippen LogP contribution in [0.15, 0.2) is 42.5 Å². The van der Waals surface area contributed by atoms with Crippen molar-refractivity contribution in [1.29, 1.82) is 5.26 Å². The maximum absolute atomic E-state index is 13.7. The third-order valence-electron chi connectivity index (χ3n) is 4.15. The van der Waals surface area contributed by atoms with Crippen LogP contribution in [0.25, 0.3) is 0 Å². The lowest BCUT2D eigenvalue weighted by Gasteiger charge is -2.24. The number of hydrogen-bond donors (Lipinski definition) is 1. The minimum atomic E-state index is -0.549. The van der Waals surface area contributed by atoms with Crippen LogP contribution in [0.1, 0.15) is 29.2 Å². The van der Waals surface area contributed by atoms with E-state index >= 15 is 0 Å². The minimum Gasteiger partial charge on any atom is -0.392 e. The van der Waals surface area contributed by atoms with E-state index in [4.69, 9.17) is 5.26 Å². The van der Waals surface area contributed by atoms with Crippen LogP contribution in [-0.4, -0.2) is 22.7 Å². The molecule has 1 N–H and O–H groups in total. The second-order valence-electron chi connectivity index (χ2n) is 5.82. The molecule has 118 valence electrons. The molecule has 0 spiro atoms. The molecule has 2 aromatic rings. The Bertz CT molecular complexity index is 757. The molecule has 1 aliphatic heterocycles. The first kappa shape index (κ1) is 15.6. The van der Waals surface area contributed by atoms with Gasteiger partial charge in [-0.05, 0) is 41.8 Å². The number of rotatable bonds is 3.